The fourth-order valence-corrected chi connectivity index (χ4v) is 1.66. The van der Waals surface area contributed by atoms with Gasteiger partial charge in [-0.15, -0.1) is 0 Å². The average Bonchev–Trinajstić information content (AvgIpc) is 2.29. The van der Waals surface area contributed by atoms with E-state index in [1.807, 2.05) is 31.2 Å². The van der Waals surface area contributed by atoms with Gasteiger partial charge in [0.05, 0.1) is 12.5 Å². The van der Waals surface area contributed by atoms with Crippen LogP contribution >= 0.6 is 15.9 Å². The van der Waals surface area contributed by atoms with Crippen LogP contribution in [0.5, 0.6) is 0 Å². The SMILES string of the molecule is C=C(CC(=O)N[C@@H](C)c1ccc(Br)cc1)C(=O)O. The normalized spacial score (nSPS) is 11.7. The summed E-state index contributed by atoms with van der Waals surface area (Å²) in [5.41, 5.74) is 0.836. The number of amides is 1. The van der Waals surface area contributed by atoms with Gasteiger partial charge in [-0.05, 0) is 24.6 Å². The molecule has 0 spiro atoms. The predicted octanol–water partition coefficient (Wildman–Crippen LogP) is 2.66. The maximum absolute atomic E-state index is 11.6. The molecule has 1 atom stereocenters. The first-order valence-electron chi connectivity index (χ1n) is 5.36. The third kappa shape index (κ3) is 4.33. The lowest BCUT2D eigenvalue weighted by Crippen LogP contribution is -2.27. The van der Waals surface area contributed by atoms with Gasteiger partial charge in [-0.2, -0.15) is 0 Å². The number of rotatable bonds is 5. The van der Waals surface area contributed by atoms with E-state index in [0.717, 1.165) is 10.0 Å². The van der Waals surface area contributed by atoms with Crippen LogP contribution in [-0.4, -0.2) is 17.0 Å². The van der Waals surface area contributed by atoms with Crippen molar-refractivity contribution in [1.82, 2.24) is 5.32 Å². The Labute approximate surface area is 114 Å². The van der Waals surface area contributed by atoms with Crippen molar-refractivity contribution in [3.63, 3.8) is 0 Å². The zero-order chi connectivity index (χ0) is 13.7. The standard InChI is InChI=1S/C13H14BrNO3/c1-8(13(17)18)7-12(16)15-9(2)10-3-5-11(14)6-4-10/h3-6,9H,1,7H2,2H3,(H,15,16)(H,17,18)/t9-/m0/s1. The van der Waals surface area contributed by atoms with Crippen LogP contribution < -0.4 is 5.32 Å². The fourth-order valence-electron chi connectivity index (χ4n) is 1.40. The molecule has 0 heterocycles. The summed E-state index contributed by atoms with van der Waals surface area (Å²) in [7, 11) is 0. The van der Waals surface area contributed by atoms with Crippen molar-refractivity contribution in [2.24, 2.45) is 0 Å². The molecule has 1 rings (SSSR count). The number of carboxylic acids is 1. The van der Waals surface area contributed by atoms with E-state index in [0.29, 0.717) is 0 Å². The largest absolute Gasteiger partial charge is 0.478 e. The Morgan fingerprint density at radius 1 is 1.39 bits per heavy atom. The van der Waals surface area contributed by atoms with E-state index in [-0.39, 0.29) is 23.9 Å². The van der Waals surface area contributed by atoms with Crippen molar-refractivity contribution in [1.29, 1.82) is 0 Å². The molecule has 4 nitrogen and oxygen atoms in total. The first kappa shape index (κ1) is 14.4. The van der Waals surface area contributed by atoms with E-state index < -0.39 is 5.97 Å². The van der Waals surface area contributed by atoms with Gasteiger partial charge in [-0.3, -0.25) is 4.79 Å². The zero-order valence-electron chi connectivity index (χ0n) is 9.94. The van der Waals surface area contributed by atoms with Crippen LogP contribution in [-0.2, 0) is 9.59 Å². The van der Waals surface area contributed by atoms with Gasteiger partial charge in [0.15, 0.2) is 0 Å². The fraction of sp³-hybridized carbons (Fsp3) is 0.231. The number of carbonyl (C=O) groups is 2. The maximum Gasteiger partial charge on any atom is 0.331 e. The van der Waals surface area contributed by atoms with Crippen LogP contribution in [0.1, 0.15) is 24.9 Å². The summed E-state index contributed by atoms with van der Waals surface area (Å²) in [6.45, 7) is 5.16. The highest BCUT2D eigenvalue weighted by atomic mass is 79.9. The highest BCUT2D eigenvalue weighted by Crippen LogP contribution is 2.16. The van der Waals surface area contributed by atoms with Gasteiger partial charge in [0.2, 0.25) is 5.91 Å². The molecule has 0 fully saturated rings. The van der Waals surface area contributed by atoms with E-state index in [9.17, 15) is 9.59 Å². The topological polar surface area (TPSA) is 66.4 Å². The van der Waals surface area contributed by atoms with E-state index in [2.05, 4.69) is 27.8 Å². The smallest absolute Gasteiger partial charge is 0.331 e. The third-order valence-electron chi connectivity index (χ3n) is 2.42. The zero-order valence-corrected chi connectivity index (χ0v) is 11.5. The quantitative estimate of drug-likeness (QED) is 0.822. The summed E-state index contributed by atoms with van der Waals surface area (Å²) in [6, 6.07) is 7.37. The van der Waals surface area contributed by atoms with Gasteiger partial charge in [-0.1, -0.05) is 34.6 Å². The molecule has 0 aliphatic rings. The van der Waals surface area contributed by atoms with E-state index >= 15 is 0 Å². The van der Waals surface area contributed by atoms with Crippen LogP contribution in [0.3, 0.4) is 0 Å². The first-order chi connectivity index (χ1) is 8.40. The van der Waals surface area contributed by atoms with Crippen LogP contribution in [0.2, 0.25) is 0 Å². The second kappa shape index (κ2) is 6.35. The minimum absolute atomic E-state index is 0.115. The molecule has 96 valence electrons. The van der Waals surface area contributed by atoms with Gasteiger partial charge >= 0.3 is 5.97 Å². The van der Waals surface area contributed by atoms with Gasteiger partial charge < -0.3 is 10.4 Å². The molecular formula is C13H14BrNO3. The van der Waals surface area contributed by atoms with Crippen molar-refractivity contribution >= 4 is 27.8 Å². The molecule has 1 amide bonds. The molecule has 1 aromatic rings. The summed E-state index contributed by atoms with van der Waals surface area (Å²) in [6.07, 6.45) is -0.198. The minimum atomic E-state index is -1.15. The molecule has 0 radical (unpaired) electrons. The van der Waals surface area contributed by atoms with Crippen molar-refractivity contribution < 1.29 is 14.7 Å². The van der Waals surface area contributed by atoms with Crippen LogP contribution in [0.25, 0.3) is 0 Å². The Morgan fingerprint density at radius 3 is 2.44 bits per heavy atom. The predicted molar refractivity (Wildman–Crippen MR) is 72.1 cm³/mol. The number of hydrogen-bond donors (Lipinski definition) is 2. The van der Waals surface area contributed by atoms with E-state index in [1.54, 1.807) is 0 Å². The molecule has 0 unspecified atom stereocenters. The molecule has 0 aromatic heterocycles. The second-order valence-electron chi connectivity index (χ2n) is 3.93. The van der Waals surface area contributed by atoms with Gasteiger partial charge in [-0.25, -0.2) is 4.79 Å². The number of aliphatic carboxylic acids is 1. The number of halogens is 1. The first-order valence-corrected chi connectivity index (χ1v) is 6.15. The molecule has 0 aliphatic heterocycles. The number of carbonyl (C=O) groups excluding carboxylic acids is 1. The minimum Gasteiger partial charge on any atom is -0.478 e. The lowest BCUT2D eigenvalue weighted by atomic mass is 10.1. The van der Waals surface area contributed by atoms with Crippen molar-refractivity contribution in [3.8, 4) is 0 Å². The van der Waals surface area contributed by atoms with Crippen LogP contribution in [0.4, 0.5) is 0 Å². The van der Waals surface area contributed by atoms with Crippen molar-refractivity contribution in [2.45, 2.75) is 19.4 Å². The number of benzene rings is 1. The number of hydrogen-bond acceptors (Lipinski definition) is 2. The molecule has 0 saturated heterocycles. The Balaban J connectivity index is 2.57. The number of carboxylic acid groups (broad SMARTS) is 1. The Bertz CT molecular complexity index is 468. The average molecular weight is 312 g/mol. The Morgan fingerprint density at radius 2 is 1.94 bits per heavy atom. The Kier molecular flexibility index (Phi) is 5.09. The lowest BCUT2D eigenvalue weighted by Gasteiger charge is -2.14. The summed E-state index contributed by atoms with van der Waals surface area (Å²) >= 11 is 3.33. The molecule has 0 saturated carbocycles. The molecule has 0 aliphatic carbocycles. The van der Waals surface area contributed by atoms with Crippen LogP contribution in [0, 0.1) is 0 Å². The maximum atomic E-state index is 11.6. The summed E-state index contributed by atoms with van der Waals surface area (Å²) in [4.78, 5) is 22.1. The summed E-state index contributed by atoms with van der Waals surface area (Å²) < 4.78 is 0.962. The lowest BCUT2D eigenvalue weighted by molar-refractivity contribution is -0.134. The van der Waals surface area contributed by atoms with Crippen LogP contribution in [0.15, 0.2) is 40.9 Å². The van der Waals surface area contributed by atoms with Gasteiger partial charge in [0.25, 0.3) is 0 Å². The highest BCUT2D eigenvalue weighted by molar-refractivity contribution is 9.10. The molecular weight excluding hydrogens is 298 g/mol. The van der Waals surface area contributed by atoms with E-state index in [1.165, 1.54) is 0 Å². The summed E-state index contributed by atoms with van der Waals surface area (Å²) in [5, 5.41) is 11.4. The van der Waals surface area contributed by atoms with Gasteiger partial charge in [0.1, 0.15) is 0 Å². The van der Waals surface area contributed by atoms with Gasteiger partial charge in [0, 0.05) is 10.0 Å². The van der Waals surface area contributed by atoms with E-state index in [4.69, 9.17) is 5.11 Å². The van der Waals surface area contributed by atoms with Crippen molar-refractivity contribution in [3.05, 3.63) is 46.5 Å². The molecule has 2 N–H and O–H groups in total. The Hall–Kier alpha value is -1.62. The molecule has 1 aromatic carbocycles. The monoisotopic (exact) mass is 311 g/mol. The number of nitrogens with one attached hydrogen (secondary N) is 1. The molecule has 0 bridgehead atoms. The van der Waals surface area contributed by atoms with Crippen molar-refractivity contribution in [2.75, 3.05) is 0 Å². The third-order valence-corrected chi connectivity index (χ3v) is 2.95. The molecule has 18 heavy (non-hydrogen) atoms. The summed E-state index contributed by atoms with van der Waals surface area (Å²) in [5.74, 6) is -1.50. The molecule has 5 heteroatoms. The second-order valence-corrected chi connectivity index (χ2v) is 4.84. The highest BCUT2D eigenvalue weighted by Gasteiger charge is 2.13.